The summed E-state index contributed by atoms with van der Waals surface area (Å²) in [6.45, 7) is 2.63. The Hall–Kier alpha value is -2.35. The summed E-state index contributed by atoms with van der Waals surface area (Å²) in [6.07, 6.45) is 0. The van der Waals surface area contributed by atoms with E-state index >= 15 is 0 Å². The van der Waals surface area contributed by atoms with Gasteiger partial charge in [-0.3, -0.25) is 0 Å². The smallest absolute Gasteiger partial charge is 0.253 e. The molecule has 0 fully saturated rings. The molecular weight excluding hydrogens is 234 g/mol. The lowest BCUT2D eigenvalue weighted by Gasteiger charge is -2.06. The third-order valence-corrected chi connectivity index (χ3v) is 3.13. The van der Waals surface area contributed by atoms with E-state index in [0.717, 1.165) is 22.3 Å². The molecule has 0 atom stereocenters. The number of benzene rings is 2. The first-order valence-electron chi connectivity index (χ1n) is 6.41. The van der Waals surface area contributed by atoms with Crippen molar-refractivity contribution in [3.8, 4) is 5.75 Å². The highest BCUT2D eigenvalue weighted by Crippen LogP contribution is 2.22. The minimum Gasteiger partial charge on any atom is -0.482 e. The van der Waals surface area contributed by atoms with Gasteiger partial charge in [0.2, 0.25) is 0 Å². The summed E-state index contributed by atoms with van der Waals surface area (Å²) in [5.74, 6) is 0.894. The van der Waals surface area contributed by atoms with Crippen molar-refractivity contribution < 1.29 is 9.72 Å². The maximum atomic E-state index is 5.93. The van der Waals surface area contributed by atoms with Gasteiger partial charge in [-0.2, -0.15) is 0 Å². The van der Waals surface area contributed by atoms with E-state index in [2.05, 4.69) is 35.3 Å². The number of para-hydroxylation sites is 1. The number of rotatable bonds is 3. The number of hydrogen-bond donors (Lipinski definition) is 0. The maximum absolute atomic E-state index is 5.93. The van der Waals surface area contributed by atoms with E-state index in [1.807, 2.05) is 37.3 Å². The van der Waals surface area contributed by atoms with Crippen LogP contribution in [0.4, 0.5) is 0 Å². The largest absolute Gasteiger partial charge is 0.482 e. The Morgan fingerprint density at radius 3 is 2.58 bits per heavy atom. The van der Waals surface area contributed by atoms with Crippen LogP contribution < -0.4 is 9.72 Å². The second kappa shape index (κ2) is 5.11. The van der Waals surface area contributed by atoms with Crippen LogP contribution in [0.1, 0.15) is 11.3 Å². The zero-order valence-corrected chi connectivity index (χ0v) is 10.9. The van der Waals surface area contributed by atoms with Crippen LogP contribution in [0.3, 0.4) is 0 Å². The minimum absolute atomic E-state index is 0.585. The Morgan fingerprint density at radius 2 is 1.74 bits per heavy atom. The summed E-state index contributed by atoms with van der Waals surface area (Å²) in [7, 11) is 0. The zero-order valence-electron chi connectivity index (χ0n) is 10.9. The van der Waals surface area contributed by atoms with Crippen molar-refractivity contribution >= 4 is 10.9 Å². The Kier molecular flexibility index (Phi) is 3.15. The third-order valence-electron chi connectivity index (χ3n) is 3.13. The fourth-order valence-corrected chi connectivity index (χ4v) is 2.13. The van der Waals surface area contributed by atoms with Crippen LogP contribution in [0.15, 0.2) is 60.7 Å². The van der Waals surface area contributed by atoms with Crippen LogP contribution in [0.2, 0.25) is 0 Å². The average Bonchev–Trinajstić information content (AvgIpc) is 2.46. The van der Waals surface area contributed by atoms with Crippen molar-refractivity contribution in [1.82, 2.24) is 0 Å². The normalized spacial score (nSPS) is 10.6. The lowest BCUT2D eigenvalue weighted by Crippen LogP contribution is -2.09. The van der Waals surface area contributed by atoms with Gasteiger partial charge in [0.15, 0.2) is 11.4 Å². The van der Waals surface area contributed by atoms with Gasteiger partial charge in [0.05, 0.1) is 5.39 Å². The minimum atomic E-state index is 0.585. The lowest BCUT2D eigenvalue weighted by atomic mass is 10.2. The highest BCUT2D eigenvalue weighted by molar-refractivity contribution is 5.81. The van der Waals surface area contributed by atoms with E-state index in [9.17, 15) is 0 Å². The second-order valence-electron chi connectivity index (χ2n) is 4.64. The number of aromatic amines is 1. The molecule has 0 amide bonds. The molecular formula is C17H16NO+. The molecule has 0 aliphatic heterocycles. The molecule has 3 rings (SSSR count). The maximum Gasteiger partial charge on any atom is 0.253 e. The van der Waals surface area contributed by atoms with Crippen LogP contribution in [-0.4, -0.2) is 0 Å². The van der Waals surface area contributed by atoms with E-state index < -0.39 is 0 Å². The molecule has 0 radical (unpaired) electrons. The van der Waals surface area contributed by atoms with Gasteiger partial charge in [-0.05, 0) is 23.8 Å². The van der Waals surface area contributed by atoms with Crippen LogP contribution in [0, 0.1) is 6.92 Å². The molecule has 0 spiro atoms. The molecule has 1 heterocycles. The fourth-order valence-electron chi connectivity index (χ4n) is 2.13. The zero-order chi connectivity index (χ0) is 13.1. The third kappa shape index (κ3) is 2.58. The number of aromatic nitrogens is 1. The molecule has 2 nitrogen and oxygen atoms in total. The Morgan fingerprint density at radius 1 is 0.895 bits per heavy atom. The summed E-state index contributed by atoms with van der Waals surface area (Å²) >= 11 is 0. The van der Waals surface area contributed by atoms with Crippen molar-refractivity contribution in [3.63, 3.8) is 0 Å². The predicted octanol–water partition coefficient (Wildman–Crippen LogP) is 3.54. The fraction of sp³-hybridized carbons (Fsp3) is 0.118. The van der Waals surface area contributed by atoms with Gasteiger partial charge in [0.25, 0.3) is 5.52 Å². The Balaban J connectivity index is 1.90. The quantitative estimate of drug-likeness (QED) is 0.697. The standard InChI is InChI=1S/C17H15NO/c1-13-10-11-15-8-5-9-16(17(15)18-13)19-12-14-6-3-2-4-7-14/h2-11H,12H2,1H3/p+1. The van der Waals surface area contributed by atoms with Gasteiger partial charge >= 0.3 is 0 Å². The molecule has 2 aromatic carbocycles. The van der Waals surface area contributed by atoms with Gasteiger partial charge in [-0.1, -0.05) is 36.4 Å². The number of aryl methyl sites for hydroxylation is 1. The Bertz CT molecular complexity index is 692. The summed E-state index contributed by atoms with van der Waals surface area (Å²) in [4.78, 5) is 3.37. The van der Waals surface area contributed by atoms with Gasteiger partial charge in [-0.25, -0.2) is 4.98 Å². The second-order valence-corrected chi connectivity index (χ2v) is 4.64. The van der Waals surface area contributed by atoms with Crippen molar-refractivity contribution in [1.29, 1.82) is 0 Å². The van der Waals surface area contributed by atoms with Crippen LogP contribution >= 0.6 is 0 Å². The molecule has 1 N–H and O–H groups in total. The highest BCUT2D eigenvalue weighted by Gasteiger charge is 2.09. The van der Waals surface area contributed by atoms with Crippen LogP contribution in [0.5, 0.6) is 5.75 Å². The van der Waals surface area contributed by atoms with E-state index in [4.69, 9.17) is 4.74 Å². The molecule has 94 valence electrons. The summed E-state index contributed by atoms with van der Waals surface area (Å²) in [6, 6.07) is 20.5. The topological polar surface area (TPSA) is 23.4 Å². The first-order chi connectivity index (χ1) is 9.33. The van der Waals surface area contributed by atoms with Crippen LogP contribution in [-0.2, 0) is 6.61 Å². The lowest BCUT2D eigenvalue weighted by molar-refractivity contribution is -0.355. The van der Waals surface area contributed by atoms with E-state index in [1.165, 1.54) is 5.56 Å². The molecule has 0 saturated heterocycles. The molecule has 2 heteroatoms. The first-order valence-corrected chi connectivity index (χ1v) is 6.41. The van der Waals surface area contributed by atoms with Crippen molar-refractivity contribution in [2.75, 3.05) is 0 Å². The van der Waals surface area contributed by atoms with Crippen molar-refractivity contribution in [2.24, 2.45) is 0 Å². The molecule has 0 saturated carbocycles. The van der Waals surface area contributed by atoms with Crippen molar-refractivity contribution in [2.45, 2.75) is 13.5 Å². The number of fused-ring (bicyclic) bond motifs is 1. The molecule has 1 aromatic heterocycles. The average molecular weight is 250 g/mol. The molecule has 19 heavy (non-hydrogen) atoms. The molecule has 0 bridgehead atoms. The van der Waals surface area contributed by atoms with Gasteiger partial charge < -0.3 is 4.74 Å². The van der Waals surface area contributed by atoms with Gasteiger partial charge in [-0.15, -0.1) is 0 Å². The number of pyridine rings is 1. The molecule has 0 aliphatic carbocycles. The summed E-state index contributed by atoms with van der Waals surface area (Å²) in [5.41, 5.74) is 3.36. The van der Waals surface area contributed by atoms with E-state index in [0.29, 0.717) is 6.61 Å². The molecule has 3 aromatic rings. The molecule has 0 aliphatic rings. The van der Waals surface area contributed by atoms with Crippen LogP contribution in [0.25, 0.3) is 10.9 Å². The summed E-state index contributed by atoms with van der Waals surface area (Å²) in [5, 5.41) is 1.16. The predicted molar refractivity (Wildman–Crippen MR) is 76.0 cm³/mol. The highest BCUT2D eigenvalue weighted by atomic mass is 16.5. The first kappa shape index (κ1) is 11.7. The number of H-pyrrole nitrogens is 1. The van der Waals surface area contributed by atoms with Gasteiger partial charge in [0, 0.05) is 13.0 Å². The number of ether oxygens (including phenoxy) is 1. The monoisotopic (exact) mass is 250 g/mol. The number of nitrogens with one attached hydrogen (secondary N) is 1. The van der Waals surface area contributed by atoms with Gasteiger partial charge in [0.1, 0.15) is 6.61 Å². The summed E-state index contributed by atoms with van der Waals surface area (Å²) < 4.78 is 5.93. The number of hydrogen-bond acceptors (Lipinski definition) is 1. The SMILES string of the molecule is Cc1ccc2cccc(OCc3ccccc3)c2[nH+]1. The van der Waals surface area contributed by atoms with E-state index in [-0.39, 0.29) is 0 Å². The Labute approximate surface area is 112 Å². The van der Waals surface area contributed by atoms with E-state index in [1.54, 1.807) is 0 Å². The van der Waals surface area contributed by atoms with Crippen molar-refractivity contribution in [3.05, 3.63) is 71.9 Å². The molecule has 0 unspecified atom stereocenters.